The van der Waals surface area contributed by atoms with Gasteiger partial charge in [-0.15, -0.1) is 0 Å². The van der Waals surface area contributed by atoms with Gasteiger partial charge in [0.2, 0.25) is 0 Å². The van der Waals surface area contributed by atoms with Crippen LogP contribution in [0.15, 0.2) is 0 Å². The summed E-state index contributed by atoms with van der Waals surface area (Å²) in [6.45, 7) is 24.1. The molecule has 1 nitrogen and oxygen atoms in total. The van der Waals surface area contributed by atoms with Crippen LogP contribution < -0.4 is 5.32 Å². The summed E-state index contributed by atoms with van der Waals surface area (Å²) in [4.78, 5) is 0. The lowest BCUT2D eigenvalue weighted by molar-refractivity contribution is -0.0503. The first-order valence-corrected chi connectivity index (χ1v) is 7.98. The predicted molar refractivity (Wildman–Crippen MR) is 86.4 cm³/mol. The molecule has 0 aromatic rings. The molecule has 1 heterocycles. The molecule has 0 bridgehead atoms. The van der Waals surface area contributed by atoms with Crippen molar-refractivity contribution in [3.63, 3.8) is 0 Å². The normalized spacial score (nSPS) is 27.3. The minimum Gasteiger partial charge on any atom is -0.307 e. The molecule has 1 rings (SSSR count). The summed E-state index contributed by atoms with van der Waals surface area (Å²) in [7, 11) is 0. The van der Waals surface area contributed by atoms with Gasteiger partial charge in [0.1, 0.15) is 0 Å². The Morgan fingerprint density at radius 3 is 1.47 bits per heavy atom. The highest BCUT2D eigenvalue weighted by molar-refractivity contribution is 5.06. The zero-order chi connectivity index (χ0) is 15.3. The van der Waals surface area contributed by atoms with Crippen molar-refractivity contribution < 1.29 is 0 Å². The van der Waals surface area contributed by atoms with Crippen molar-refractivity contribution in [1.29, 1.82) is 0 Å². The van der Waals surface area contributed by atoms with Gasteiger partial charge in [0.25, 0.3) is 0 Å². The van der Waals surface area contributed by atoms with Crippen LogP contribution in [0.4, 0.5) is 0 Å². The average molecular weight is 268 g/mol. The first kappa shape index (κ1) is 17.0. The number of nitrogens with one attached hydrogen (secondary N) is 1. The summed E-state index contributed by atoms with van der Waals surface area (Å²) in [5, 5.41) is 3.83. The fraction of sp³-hybridized carbons (Fsp3) is 1.00. The van der Waals surface area contributed by atoms with E-state index in [1.54, 1.807) is 0 Å². The smallest absolute Gasteiger partial charge is 0.0135 e. The summed E-state index contributed by atoms with van der Waals surface area (Å²) in [6, 6.07) is 0. The molecule has 0 saturated carbocycles. The minimum absolute atomic E-state index is 0.231. The fourth-order valence-corrected chi connectivity index (χ4v) is 6.16. The van der Waals surface area contributed by atoms with Gasteiger partial charge in [-0.05, 0) is 63.2 Å². The molecule has 0 aliphatic carbocycles. The number of rotatable bonds is 2. The maximum Gasteiger partial charge on any atom is 0.0135 e. The maximum atomic E-state index is 3.83. The van der Waals surface area contributed by atoms with E-state index in [2.05, 4.69) is 74.6 Å². The van der Waals surface area contributed by atoms with Crippen molar-refractivity contribution in [2.24, 2.45) is 22.7 Å². The SMILES string of the molecule is CC(C)C(C(C)(C)C)C1(C)CC(C)(C)NC(C)(C)C1. The van der Waals surface area contributed by atoms with Gasteiger partial charge in [0.05, 0.1) is 0 Å². The zero-order valence-electron chi connectivity index (χ0n) is 15.1. The topological polar surface area (TPSA) is 12.0 Å². The third-order valence-corrected chi connectivity index (χ3v) is 4.72. The molecule has 1 aliphatic rings. The molecule has 114 valence electrons. The molecule has 1 fully saturated rings. The zero-order valence-corrected chi connectivity index (χ0v) is 15.1. The number of hydrogen-bond acceptors (Lipinski definition) is 1. The van der Waals surface area contributed by atoms with Crippen molar-refractivity contribution in [2.75, 3.05) is 0 Å². The first-order chi connectivity index (χ1) is 8.19. The van der Waals surface area contributed by atoms with Crippen LogP contribution in [0.3, 0.4) is 0 Å². The molecule has 0 spiro atoms. The van der Waals surface area contributed by atoms with Gasteiger partial charge < -0.3 is 5.32 Å². The van der Waals surface area contributed by atoms with E-state index in [1.165, 1.54) is 12.8 Å². The van der Waals surface area contributed by atoms with Crippen LogP contribution in [0.1, 0.15) is 82.1 Å². The van der Waals surface area contributed by atoms with E-state index in [-0.39, 0.29) is 11.1 Å². The van der Waals surface area contributed by atoms with Crippen LogP contribution >= 0.6 is 0 Å². The van der Waals surface area contributed by atoms with Crippen molar-refractivity contribution >= 4 is 0 Å². The second-order valence-electron chi connectivity index (χ2n) is 9.99. The number of piperidine rings is 1. The molecular formula is C18H37N. The highest BCUT2D eigenvalue weighted by Gasteiger charge is 2.51. The molecule has 0 amide bonds. The van der Waals surface area contributed by atoms with E-state index < -0.39 is 0 Å². The number of hydrogen-bond donors (Lipinski definition) is 1. The highest BCUT2D eigenvalue weighted by Crippen LogP contribution is 2.54. The van der Waals surface area contributed by atoms with E-state index in [4.69, 9.17) is 0 Å². The Hall–Kier alpha value is -0.0400. The second kappa shape index (κ2) is 4.76. The van der Waals surface area contributed by atoms with E-state index in [9.17, 15) is 0 Å². The Morgan fingerprint density at radius 1 is 0.842 bits per heavy atom. The van der Waals surface area contributed by atoms with Gasteiger partial charge in [-0.1, -0.05) is 41.5 Å². The van der Waals surface area contributed by atoms with Gasteiger partial charge in [0, 0.05) is 11.1 Å². The molecule has 1 saturated heterocycles. The summed E-state index contributed by atoms with van der Waals surface area (Å²) in [6.07, 6.45) is 2.53. The Labute approximate surface area is 121 Å². The largest absolute Gasteiger partial charge is 0.307 e. The Kier molecular flexibility index (Phi) is 4.26. The quantitative estimate of drug-likeness (QED) is 0.720. The van der Waals surface area contributed by atoms with Crippen LogP contribution in [-0.2, 0) is 0 Å². The van der Waals surface area contributed by atoms with E-state index in [0.717, 1.165) is 11.8 Å². The lowest BCUT2D eigenvalue weighted by Crippen LogP contribution is -2.63. The van der Waals surface area contributed by atoms with Crippen LogP contribution in [0.25, 0.3) is 0 Å². The van der Waals surface area contributed by atoms with Crippen molar-refractivity contribution in [3.8, 4) is 0 Å². The van der Waals surface area contributed by atoms with Gasteiger partial charge >= 0.3 is 0 Å². The summed E-state index contributed by atoms with van der Waals surface area (Å²) in [5.74, 6) is 1.48. The molecule has 19 heavy (non-hydrogen) atoms. The van der Waals surface area contributed by atoms with Crippen molar-refractivity contribution in [2.45, 2.75) is 93.2 Å². The molecular weight excluding hydrogens is 230 g/mol. The van der Waals surface area contributed by atoms with Gasteiger partial charge in [-0.25, -0.2) is 0 Å². The maximum absolute atomic E-state index is 3.83. The molecule has 1 N–H and O–H groups in total. The van der Waals surface area contributed by atoms with E-state index in [0.29, 0.717) is 10.8 Å². The summed E-state index contributed by atoms with van der Waals surface area (Å²) < 4.78 is 0. The summed E-state index contributed by atoms with van der Waals surface area (Å²) in [5.41, 5.74) is 1.24. The standard InChI is InChI=1S/C18H37N/c1-13(2)14(15(3,4)5)18(10)11-16(6,7)19-17(8,9)12-18/h13-14,19H,11-12H2,1-10H3. The average Bonchev–Trinajstić information content (AvgIpc) is 1.87. The van der Waals surface area contributed by atoms with Crippen molar-refractivity contribution in [1.82, 2.24) is 5.32 Å². The third kappa shape index (κ3) is 3.97. The van der Waals surface area contributed by atoms with Gasteiger partial charge in [-0.3, -0.25) is 0 Å². The van der Waals surface area contributed by atoms with Crippen LogP contribution in [0, 0.1) is 22.7 Å². The van der Waals surface area contributed by atoms with Gasteiger partial charge in [-0.2, -0.15) is 0 Å². The molecule has 0 aromatic carbocycles. The third-order valence-electron chi connectivity index (χ3n) is 4.72. The molecule has 0 aromatic heterocycles. The van der Waals surface area contributed by atoms with Crippen LogP contribution in [0.5, 0.6) is 0 Å². The first-order valence-electron chi connectivity index (χ1n) is 7.98. The Morgan fingerprint density at radius 2 is 1.21 bits per heavy atom. The van der Waals surface area contributed by atoms with Gasteiger partial charge in [0.15, 0.2) is 0 Å². The van der Waals surface area contributed by atoms with Crippen LogP contribution in [0.2, 0.25) is 0 Å². The lowest BCUT2D eigenvalue weighted by Gasteiger charge is -2.58. The Balaban J connectivity index is 3.19. The highest BCUT2D eigenvalue weighted by atomic mass is 15.1. The lowest BCUT2D eigenvalue weighted by atomic mass is 9.52. The predicted octanol–water partition coefficient (Wildman–Crippen LogP) is 5.25. The van der Waals surface area contributed by atoms with Crippen LogP contribution in [-0.4, -0.2) is 11.1 Å². The van der Waals surface area contributed by atoms with E-state index >= 15 is 0 Å². The molecule has 1 atom stereocenters. The molecule has 1 aliphatic heterocycles. The molecule has 1 heteroatoms. The monoisotopic (exact) mass is 267 g/mol. The molecule has 1 unspecified atom stereocenters. The minimum atomic E-state index is 0.231. The van der Waals surface area contributed by atoms with Crippen molar-refractivity contribution in [3.05, 3.63) is 0 Å². The summed E-state index contributed by atoms with van der Waals surface area (Å²) >= 11 is 0. The fourth-order valence-electron chi connectivity index (χ4n) is 6.16. The van der Waals surface area contributed by atoms with E-state index in [1.807, 2.05) is 0 Å². The molecule has 0 radical (unpaired) electrons. The second-order valence-corrected chi connectivity index (χ2v) is 9.99. The Bertz CT molecular complexity index is 296.